The minimum Gasteiger partial charge on any atom is -0.336 e. The van der Waals surface area contributed by atoms with Crippen molar-refractivity contribution in [3.63, 3.8) is 0 Å². The van der Waals surface area contributed by atoms with Gasteiger partial charge in [-0.3, -0.25) is 9.59 Å². The molecule has 4 N–H and O–H groups in total. The summed E-state index contributed by atoms with van der Waals surface area (Å²) in [6.07, 6.45) is 0.306. The topological polar surface area (TPSA) is 87.5 Å². The first-order chi connectivity index (χ1) is 10.5. The molecule has 118 valence electrons. The van der Waals surface area contributed by atoms with E-state index in [1.54, 1.807) is 0 Å². The van der Waals surface area contributed by atoms with E-state index in [9.17, 15) is 9.59 Å². The normalized spacial score (nSPS) is 23.3. The van der Waals surface area contributed by atoms with Crippen molar-refractivity contribution in [2.24, 2.45) is 11.7 Å². The van der Waals surface area contributed by atoms with Gasteiger partial charge in [0.2, 0.25) is 11.8 Å². The molecule has 1 aromatic carbocycles. The highest BCUT2D eigenvalue weighted by Crippen LogP contribution is 2.23. The van der Waals surface area contributed by atoms with Gasteiger partial charge >= 0.3 is 0 Å². The first-order valence-corrected chi connectivity index (χ1v) is 7.71. The summed E-state index contributed by atoms with van der Waals surface area (Å²) in [7, 11) is 0. The van der Waals surface area contributed by atoms with E-state index >= 15 is 0 Å². The molecule has 0 spiro atoms. The Balaban J connectivity index is 1.59. The molecule has 2 amide bonds. The van der Waals surface area contributed by atoms with Gasteiger partial charge in [0.1, 0.15) is 0 Å². The predicted octanol–water partition coefficient (Wildman–Crippen LogP) is 0.465. The van der Waals surface area contributed by atoms with Gasteiger partial charge in [-0.05, 0) is 24.6 Å². The molecule has 2 fully saturated rings. The zero-order chi connectivity index (χ0) is 15.7. The van der Waals surface area contributed by atoms with Crippen molar-refractivity contribution >= 4 is 17.5 Å². The summed E-state index contributed by atoms with van der Waals surface area (Å²) >= 11 is 0. The fourth-order valence-electron chi connectivity index (χ4n) is 2.87. The van der Waals surface area contributed by atoms with E-state index in [1.807, 2.05) is 36.1 Å². The molecule has 2 unspecified atom stereocenters. The quantitative estimate of drug-likeness (QED) is 0.754. The van der Waals surface area contributed by atoms with E-state index in [4.69, 9.17) is 5.73 Å². The van der Waals surface area contributed by atoms with Crippen molar-refractivity contribution in [3.8, 4) is 0 Å². The second-order valence-electron chi connectivity index (χ2n) is 6.16. The molecule has 6 heteroatoms. The number of nitrogens with zero attached hydrogens (tertiary/aromatic N) is 1. The Hall–Kier alpha value is -1.92. The Bertz CT molecular complexity index is 566. The summed E-state index contributed by atoms with van der Waals surface area (Å²) in [5.74, 6) is -0.267. The average Bonchev–Trinajstić information content (AvgIpc) is 2.80. The minimum atomic E-state index is -0.263. The van der Waals surface area contributed by atoms with Crippen molar-refractivity contribution in [2.75, 3.05) is 25.0 Å². The number of hydrogen-bond acceptors (Lipinski definition) is 4. The van der Waals surface area contributed by atoms with Gasteiger partial charge in [0.15, 0.2) is 0 Å². The third kappa shape index (κ3) is 2.98. The maximum atomic E-state index is 12.3. The summed E-state index contributed by atoms with van der Waals surface area (Å²) in [4.78, 5) is 26.2. The van der Waals surface area contributed by atoms with Gasteiger partial charge in [-0.15, -0.1) is 0 Å². The van der Waals surface area contributed by atoms with Crippen LogP contribution in [0.1, 0.15) is 24.9 Å². The van der Waals surface area contributed by atoms with Gasteiger partial charge in [-0.1, -0.05) is 12.1 Å². The molecule has 0 radical (unpaired) electrons. The van der Waals surface area contributed by atoms with Crippen LogP contribution in [0.4, 0.5) is 5.69 Å². The van der Waals surface area contributed by atoms with Crippen LogP contribution >= 0.6 is 0 Å². The number of rotatable bonds is 4. The number of nitrogens with two attached hydrogens (primary N) is 1. The predicted molar refractivity (Wildman–Crippen MR) is 84.2 cm³/mol. The van der Waals surface area contributed by atoms with Crippen molar-refractivity contribution in [2.45, 2.75) is 25.4 Å². The van der Waals surface area contributed by atoms with Crippen molar-refractivity contribution in [1.29, 1.82) is 0 Å². The summed E-state index contributed by atoms with van der Waals surface area (Å²) in [6, 6.07) is 7.75. The average molecular weight is 302 g/mol. The zero-order valence-corrected chi connectivity index (χ0v) is 12.7. The Labute approximate surface area is 130 Å². The molecule has 2 atom stereocenters. The van der Waals surface area contributed by atoms with Crippen LogP contribution in [-0.2, 0) is 9.59 Å². The summed E-state index contributed by atoms with van der Waals surface area (Å²) in [5, 5.41) is 6.04. The van der Waals surface area contributed by atoms with E-state index in [2.05, 4.69) is 10.6 Å². The van der Waals surface area contributed by atoms with Crippen LogP contribution in [0, 0.1) is 5.92 Å². The van der Waals surface area contributed by atoms with E-state index < -0.39 is 0 Å². The van der Waals surface area contributed by atoms with Gasteiger partial charge in [-0.2, -0.15) is 0 Å². The minimum absolute atomic E-state index is 0.0261. The number of likely N-dealkylation sites (tertiary alicyclic amines) is 1. The molecule has 2 heterocycles. The Morgan fingerprint density at radius 3 is 2.59 bits per heavy atom. The maximum Gasteiger partial charge on any atom is 0.229 e. The molecule has 2 aliphatic rings. The molecule has 2 aliphatic heterocycles. The lowest BCUT2D eigenvalue weighted by atomic mass is 10.1. The Morgan fingerprint density at radius 1 is 1.36 bits per heavy atom. The van der Waals surface area contributed by atoms with E-state index in [1.165, 1.54) is 0 Å². The lowest BCUT2D eigenvalue weighted by Crippen LogP contribution is -2.57. The highest BCUT2D eigenvalue weighted by Gasteiger charge is 2.39. The van der Waals surface area contributed by atoms with Crippen LogP contribution in [0.3, 0.4) is 0 Å². The van der Waals surface area contributed by atoms with Gasteiger partial charge < -0.3 is 21.3 Å². The highest BCUT2D eigenvalue weighted by atomic mass is 16.2. The van der Waals surface area contributed by atoms with Crippen molar-refractivity contribution in [1.82, 2.24) is 10.2 Å². The largest absolute Gasteiger partial charge is 0.336 e. The summed E-state index contributed by atoms with van der Waals surface area (Å²) in [5.41, 5.74) is 7.57. The van der Waals surface area contributed by atoms with Gasteiger partial charge in [-0.25, -0.2) is 0 Å². The molecule has 2 saturated heterocycles. The van der Waals surface area contributed by atoms with Crippen LogP contribution in [0.25, 0.3) is 0 Å². The summed E-state index contributed by atoms with van der Waals surface area (Å²) < 4.78 is 0. The summed E-state index contributed by atoms with van der Waals surface area (Å²) in [6.45, 7) is 4.11. The molecular weight excluding hydrogens is 280 g/mol. The lowest BCUT2D eigenvalue weighted by molar-refractivity contribution is -0.130. The number of nitrogens with one attached hydrogen (secondary N) is 2. The second-order valence-corrected chi connectivity index (χ2v) is 6.16. The molecule has 0 bridgehead atoms. The van der Waals surface area contributed by atoms with Crippen molar-refractivity contribution < 1.29 is 9.59 Å². The van der Waals surface area contributed by atoms with Gasteiger partial charge in [0, 0.05) is 37.8 Å². The molecule has 3 rings (SSSR count). The molecular formula is C16H22N4O2. The first-order valence-electron chi connectivity index (χ1n) is 7.71. The second kappa shape index (κ2) is 6.06. The van der Waals surface area contributed by atoms with E-state index in [-0.39, 0.29) is 29.8 Å². The number of benzene rings is 1. The third-order valence-corrected chi connectivity index (χ3v) is 4.43. The molecule has 0 aliphatic carbocycles. The van der Waals surface area contributed by atoms with Crippen LogP contribution in [0.2, 0.25) is 0 Å². The van der Waals surface area contributed by atoms with E-state index in [0.29, 0.717) is 13.0 Å². The molecule has 0 aromatic heterocycles. The third-order valence-electron chi connectivity index (χ3n) is 4.43. The molecule has 1 aromatic rings. The van der Waals surface area contributed by atoms with Crippen LogP contribution < -0.4 is 16.4 Å². The zero-order valence-electron chi connectivity index (χ0n) is 12.7. The number of anilines is 1. The van der Waals surface area contributed by atoms with Crippen LogP contribution in [-0.4, -0.2) is 42.4 Å². The fraction of sp³-hybridized carbons (Fsp3) is 0.500. The smallest absolute Gasteiger partial charge is 0.229 e. The first kappa shape index (κ1) is 15.0. The standard InChI is InChI=1S/C16H22N4O2/c1-10(17)11-2-4-13(5-3-11)19-16(22)12-6-15(21)20(9-12)14-7-18-8-14/h2-5,10,12,14,18H,6-9,17H2,1H3,(H,19,22). The van der Waals surface area contributed by atoms with Crippen LogP contribution in [0.15, 0.2) is 24.3 Å². The highest BCUT2D eigenvalue weighted by molar-refractivity contribution is 5.97. The van der Waals surface area contributed by atoms with Crippen molar-refractivity contribution in [3.05, 3.63) is 29.8 Å². The van der Waals surface area contributed by atoms with Gasteiger partial charge in [0.05, 0.1) is 12.0 Å². The number of carbonyl (C=O) groups excluding carboxylic acids is 2. The number of amides is 2. The SMILES string of the molecule is CC(N)c1ccc(NC(=O)C2CC(=O)N(C3CNC3)C2)cc1. The van der Waals surface area contributed by atoms with Crippen LogP contribution in [0.5, 0.6) is 0 Å². The van der Waals surface area contributed by atoms with Gasteiger partial charge in [0.25, 0.3) is 0 Å². The Kier molecular flexibility index (Phi) is 4.13. The lowest BCUT2D eigenvalue weighted by Gasteiger charge is -2.35. The number of carbonyl (C=O) groups is 2. The fourth-order valence-corrected chi connectivity index (χ4v) is 2.87. The Morgan fingerprint density at radius 2 is 2.05 bits per heavy atom. The molecule has 22 heavy (non-hydrogen) atoms. The molecule has 0 saturated carbocycles. The molecule has 6 nitrogen and oxygen atoms in total. The van der Waals surface area contributed by atoms with E-state index in [0.717, 1.165) is 24.3 Å². The monoisotopic (exact) mass is 302 g/mol. The maximum absolute atomic E-state index is 12.3. The number of hydrogen-bond donors (Lipinski definition) is 3.